The number of benzene rings is 2. The van der Waals surface area contributed by atoms with Gasteiger partial charge in [0.05, 0.1) is 11.8 Å². The molecule has 7 heteroatoms. The smallest absolute Gasteiger partial charge is 0.237 e. The topological polar surface area (TPSA) is 58.6 Å². The van der Waals surface area contributed by atoms with Crippen molar-refractivity contribution in [2.24, 2.45) is 5.92 Å². The summed E-state index contributed by atoms with van der Waals surface area (Å²) in [6, 6.07) is 10.7. The number of hydrogen-bond donors (Lipinski definition) is 1. The highest BCUT2D eigenvalue weighted by atomic mass is 19.2. The molecule has 3 rings (SSSR count). The van der Waals surface area contributed by atoms with Crippen molar-refractivity contribution in [1.29, 1.82) is 0 Å². The summed E-state index contributed by atoms with van der Waals surface area (Å²) in [5, 5.41) is 2.36. The first-order valence-corrected chi connectivity index (χ1v) is 9.04. The predicted molar refractivity (Wildman–Crippen MR) is 101 cm³/mol. The second kappa shape index (κ2) is 7.96. The first kappa shape index (κ1) is 19.8. The number of likely N-dealkylation sites (N-methyl/N-ethyl adjacent to an activating group) is 1. The van der Waals surface area contributed by atoms with E-state index in [4.69, 9.17) is 4.74 Å². The highest BCUT2D eigenvalue weighted by Crippen LogP contribution is 2.35. The van der Waals surface area contributed by atoms with Crippen LogP contribution in [0.1, 0.15) is 25.3 Å². The number of hydrogen-bond acceptors (Lipinski definition) is 3. The molecule has 148 valence electrons. The minimum absolute atomic E-state index is 0.0322. The second-order valence-electron chi connectivity index (χ2n) is 7.13. The van der Waals surface area contributed by atoms with E-state index in [0.717, 1.165) is 11.6 Å². The molecule has 2 atom stereocenters. The Balaban J connectivity index is 1.84. The fourth-order valence-electron chi connectivity index (χ4n) is 3.37. The average Bonchev–Trinajstić information content (AvgIpc) is 2.94. The Bertz CT molecular complexity index is 884. The molecule has 1 aliphatic rings. The van der Waals surface area contributed by atoms with Gasteiger partial charge in [-0.25, -0.2) is 8.78 Å². The Hall–Kier alpha value is -2.96. The molecule has 2 aromatic carbocycles. The van der Waals surface area contributed by atoms with Gasteiger partial charge < -0.3 is 15.0 Å². The number of likely N-dealkylation sites (tertiary alicyclic amines) is 1. The van der Waals surface area contributed by atoms with Crippen molar-refractivity contribution in [3.05, 3.63) is 59.7 Å². The molecule has 1 aliphatic heterocycles. The summed E-state index contributed by atoms with van der Waals surface area (Å²) in [6.07, 6.45) is 0.0322. The monoisotopic (exact) mass is 388 g/mol. The van der Waals surface area contributed by atoms with E-state index >= 15 is 0 Å². The fourth-order valence-corrected chi connectivity index (χ4v) is 3.37. The van der Waals surface area contributed by atoms with E-state index < -0.39 is 29.4 Å². The lowest BCUT2D eigenvalue weighted by Crippen LogP contribution is -2.33. The van der Waals surface area contributed by atoms with Crippen molar-refractivity contribution >= 4 is 17.5 Å². The number of carbonyl (C=O) groups is 2. The summed E-state index contributed by atoms with van der Waals surface area (Å²) in [6.45, 7) is 4.20. The molecule has 0 bridgehead atoms. The van der Waals surface area contributed by atoms with E-state index in [9.17, 15) is 18.4 Å². The van der Waals surface area contributed by atoms with E-state index in [1.165, 1.54) is 17.0 Å². The standard InChI is InChI=1S/C21H22F2N2O3/c1-12(2)28-14-9-7-13(8-10-14)15-11-25(3)21(27)18(15)20(26)24-17-6-4-5-16(22)19(17)23/h4-10,12,15,18H,11H2,1-3H3,(H,24,26)/t15-,18+/m1/s1. The van der Waals surface area contributed by atoms with Gasteiger partial charge in [-0.3, -0.25) is 9.59 Å². The van der Waals surface area contributed by atoms with Gasteiger partial charge in [-0.05, 0) is 43.7 Å². The van der Waals surface area contributed by atoms with Crippen molar-refractivity contribution in [2.75, 3.05) is 18.9 Å². The van der Waals surface area contributed by atoms with Gasteiger partial charge in [-0.2, -0.15) is 0 Å². The van der Waals surface area contributed by atoms with Crippen LogP contribution in [-0.2, 0) is 9.59 Å². The van der Waals surface area contributed by atoms with Gasteiger partial charge in [0.1, 0.15) is 11.7 Å². The van der Waals surface area contributed by atoms with E-state index in [-0.39, 0.29) is 17.7 Å². The molecule has 1 saturated heterocycles. The number of nitrogens with one attached hydrogen (secondary N) is 1. The molecule has 0 aliphatic carbocycles. The zero-order valence-corrected chi connectivity index (χ0v) is 15.9. The lowest BCUT2D eigenvalue weighted by Gasteiger charge is -2.18. The summed E-state index contributed by atoms with van der Waals surface area (Å²) in [5.74, 6) is -3.97. The number of halogens is 2. The van der Waals surface area contributed by atoms with Gasteiger partial charge in [0, 0.05) is 19.5 Å². The Morgan fingerprint density at radius 2 is 1.86 bits per heavy atom. The molecule has 0 aromatic heterocycles. The predicted octanol–water partition coefficient (Wildman–Crippen LogP) is 3.56. The van der Waals surface area contributed by atoms with Crippen LogP contribution in [0.15, 0.2) is 42.5 Å². The van der Waals surface area contributed by atoms with Crippen LogP contribution in [-0.4, -0.2) is 36.4 Å². The van der Waals surface area contributed by atoms with Crippen LogP contribution >= 0.6 is 0 Å². The quantitative estimate of drug-likeness (QED) is 0.797. The molecule has 0 saturated carbocycles. The Morgan fingerprint density at radius 1 is 1.18 bits per heavy atom. The molecule has 2 amide bonds. The number of rotatable bonds is 5. The Labute approximate surface area is 162 Å². The summed E-state index contributed by atoms with van der Waals surface area (Å²) in [5.41, 5.74) is 0.514. The van der Waals surface area contributed by atoms with Crippen LogP contribution in [0.2, 0.25) is 0 Å². The van der Waals surface area contributed by atoms with E-state index in [0.29, 0.717) is 12.3 Å². The molecule has 0 radical (unpaired) electrons. The lowest BCUT2D eigenvalue weighted by molar-refractivity contribution is -0.135. The number of amides is 2. The first-order chi connectivity index (χ1) is 13.3. The highest BCUT2D eigenvalue weighted by Gasteiger charge is 2.44. The maximum atomic E-state index is 13.9. The summed E-state index contributed by atoms with van der Waals surface area (Å²) >= 11 is 0. The Kier molecular flexibility index (Phi) is 5.63. The number of anilines is 1. The highest BCUT2D eigenvalue weighted by molar-refractivity contribution is 6.08. The largest absolute Gasteiger partial charge is 0.491 e. The summed E-state index contributed by atoms with van der Waals surface area (Å²) < 4.78 is 32.9. The molecule has 1 N–H and O–H groups in total. The molecule has 2 aromatic rings. The molecule has 1 heterocycles. The summed E-state index contributed by atoms with van der Waals surface area (Å²) in [4.78, 5) is 26.8. The minimum atomic E-state index is -1.15. The third-order valence-corrected chi connectivity index (χ3v) is 4.69. The van der Waals surface area contributed by atoms with Crippen LogP contribution in [0.4, 0.5) is 14.5 Å². The zero-order valence-electron chi connectivity index (χ0n) is 15.9. The molecule has 5 nitrogen and oxygen atoms in total. The van der Waals surface area contributed by atoms with Crippen LogP contribution in [0.5, 0.6) is 5.75 Å². The van der Waals surface area contributed by atoms with E-state index in [1.54, 1.807) is 19.2 Å². The van der Waals surface area contributed by atoms with Gasteiger partial charge in [0.25, 0.3) is 0 Å². The number of carbonyl (C=O) groups excluding carboxylic acids is 2. The van der Waals surface area contributed by atoms with Crippen LogP contribution in [0.3, 0.4) is 0 Å². The maximum absolute atomic E-state index is 13.9. The number of ether oxygens (including phenoxy) is 1. The van der Waals surface area contributed by atoms with Crippen LogP contribution in [0.25, 0.3) is 0 Å². The molecular weight excluding hydrogens is 366 g/mol. The van der Waals surface area contributed by atoms with Crippen molar-refractivity contribution in [3.63, 3.8) is 0 Å². The van der Waals surface area contributed by atoms with Crippen LogP contribution in [0, 0.1) is 17.6 Å². The number of nitrogens with zero attached hydrogens (tertiary/aromatic N) is 1. The minimum Gasteiger partial charge on any atom is -0.491 e. The van der Waals surface area contributed by atoms with Crippen molar-refractivity contribution in [3.8, 4) is 5.75 Å². The zero-order chi connectivity index (χ0) is 20.4. The second-order valence-corrected chi connectivity index (χ2v) is 7.13. The molecule has 0 unspecified atom stereocenters. The van der Waals surface area contributed by atoms with Gasteiger partial charge in [-0.1, -0.05) is 18.2 Å². The maximum Gasteiger partial charge on any atom is 0.237 e. The first-order valence-electron chi connectivity index (χ1n) is 9.04. The summed E-state index contributed by atoms with van der Waals surface area (Å²) in [7, 11) is 1.61. The molecular formula is C21H22F2N2O3. The van der Waals surface area contributed by atoms with Crippen molar-refractivity contribution in [1.82, 2.24) is 4.90 Å². The average molecular weight is 388 g/mol. The lowest BCUT2D eigenvalue weighted by atomic mass is 9.88. The Morgan fingerprint density at radius 3 is 2.50 bits per heavy atom. The van der Waals surface area contributed by atoms with Crippen molar-refractivity contribution < 1.29 is 23.1 Å². The molecule has 1 fully saturated rings. The van der Waals surface area contributed by atoms with E-state index in [1.807, 2.05) is 26.0 Å². The third kappa shape index (κ3) is 3.98. The third-order valence-electron chi connectivity index (χ3n) is 4.69. The van der Waals surface area contributed by atoms with Crippen molar-refractivity contribution in [2.45, 2.75) is 25.9 Å². The SMILES string of the molecule is CC(C)Oc1ccc([C@H]2CN(C)C(=O)[C@@H]2C(=O)Nc2cccc(F)c2F)cc1. The normalized spacial score (nSPS) is 19.2. The van der Waals surface area contributed by atoms with E-state index in [2.05, 4.69) is 5.32 Å². The molecule has 28 heavy (non-hydrogen) atoms. The fraction of sp³-hybridized carbons (Fsp3) is 0.333. The van der Waals surface area contributed by atoms with Gasteiger partial charge >= 0.3 is 0 Å². The van der Waals surface area contributed by atoms with Gasteiger partial charge in [0.15, 0.2) is 11.6 Å². The molecule has 0 spiro atoms. The van der Waals surface area contributed by atoms with Gasteiger partial charge in [0.2, 0.25) is 11.8 Å². The van der Waals surface area contributed by atoms with Gasteiger partial charge in [-0.15, -0.1) is 0 Å². The van der Waals surface area contributed by atoms with Crippen LogP contribution < -0.4 is 10.1 Å².